The number of aliphatic carboxylic acids is 1. The summed E-state index contributed by atoms with van der Waals surface area (Å²) in [6.07, 6.45) is 13.7. The largest absolute Gasteiger partial charge is 0.481 e. The van der Waals surface area contributed by atoms with Gasteiger partial charge >= 0.3 is 5.97 Å². The van der Waals surface area contributed by atoms with Crippen LogP contribution in [0.2, 0.25) is 0 Å². The highest BCUT2D eigenvalue weighted by molar-refractivity contribution is 6.38. The highest BCUT2D eigenvalue weighted by Gasteiger charge is 2.53. The highest BCUT2D eigenvalue weighted by Crippen LogP contribution is 2.57. The van der Waals surface area contributed by atoms with Gasteiger partial charge in [-0.25, -0.2) is 0 Å². The van der Waals surface area contributed by atoms with Crippen LogP contribution in [0.15, 0.2) is 41.2 Å². The minimum absolute atomic E-state index is 0.200. The van der Waals surface area contributed by atoms with Gasteiger partial charge in [-0.2, -0.15) is 4.98 Å². The van der Waals surface area contributed by atoms with Crippen LogP contribution in [-0.4, -0.2) is 53.0 Å². The van der Waals surface area contributed by atoms with Crippen LogP contribution in [-0.2, 0) is 10.2 Å². The normalized spacial score (nSPS) is 28.7. The van der Waals surface area contributed by atoms with Crippen molar-refractivity contribution in [2.45, 2.75) is 94.8 Å². The highest BCUT2D eigenvalue weighted by atomic mass is 16.4. The van der Waals surface area contributed by atoms with Gasteiger partial charge in [-0.05, 0) is 112 Å². The number of carbonyl (C=O) groups is 1. The molecular weight excluding hydrogens is 521 g/mol. The molecule has 3 aromatic rings. The molecule has 6 nitrogen and oxygen atoms in total. The van der Waals surface area contributed by atoms with Gasteiger partial charge in [-0.3, -0.25) is 14.2 Å². The summed E-state index contributed by atoms with van der Waals surface area (Å²) < 4.78 is 2.24. The van der Waals surface area contributed by atoms with Crippen molar-refractivity contribution in [1.29, 1.82) is 0 Å². The van der Waals surface area contributed by atoms with E-state index in [2.05, 4.69) is 27.7 Å². The first-order valence-corrected chi connectivity index (χ1v) is 16.3. The molecule has 4 aliphatic carbocycles. The van der Waals surface area contributed by atoms with Gasteiger partial charge in [0, 0.05) is 6.54 Å². The summed E-state index contributed by atoms with van der Waals surface area (Å²) in [5.41, 5.74) is 4.82. The van der Waals surface area contributed by atoms with Crippen molar-refractivity contribution in [3.63, 3.8) is 0 Å². The molecule has 6 aliphatic rings. The fourth-order valence-corrected chi connectivity index (χ4v) is 9.73. The predicted octanol–water partition coefficient (Wildman–Crippen LogP) is 5.35. The maximum absolute atomic E-state index is 13.3. The third-order valence-electron chi connectivity index (χ3n) is 12.3. The van der Waals surface area contributed by atoms with Crippen molar-refractivity contribution in [2.24, 2.45) is 10.8 Å². The molecule has 1 N–H and O–H groups in total. The molecular formula is C35H40BN3O3. The molecule has 1 spiro atoms. The molecule has 3 heterocycles. The minimum Gasteiger partial charge on any atom is -0.481 e. The fraction of sp³-hybridized carbons (Fsp3) is 0.571. The van der Waals surface area contributed by atoms with E-state index in [1.54, 1.807) is 6.07 Å². The van der Waals surface area contributed by atoms with E-state index in [1.807, 2.05) is 12.1 Å². The van der Waals surface area contributed by atoms with Gasteiger partial charge in [0.15, 0.2) is 0 Å². The summed E-state index contributed by atoms with van der Waals surface area (Å²) in [6.45, 7) is 3.35. The van der Waals surface area contributed by atoms with Crippen LogP contribution in [0.5, 0.6) is 0 Å². The van der Waals surface area contributed by atoms with E-state index in [0.717, 1.165) is 108 Å². The SMILES string of the molecule is [B]c1cccc2c1c(=O)nc1n2-c2ccc(C3CCN(CC45CCC(C(=O)O)(CC4)CC5)CC3)cc2C12CCCCC2. The summed E-state index contributed by atoms with van der Waals surface area (Å²) in [6, 6.07) is 12.9. The Morgan fingerprint density at radius 1 is 0.952 bits per heavy atom. The summed E-state index contributed by atoms with van der Waals surface area (Å²) in [5.74, 6) is 0.883. The number of piperidine rings is 1. The molecule has 1 aromatic heterocycles. The zero-order valence-corrected chi connectivity index (χ0v) is 24.5. The number of nitrogens with zero attached hydrogens (tertiary/aromatic N) is 3. The predicted molar refractivity (Wildman–Crippen MR) is 165 cm³/mol. The van der Waals surface area contributed by atoms with Crippen LogP contribution in [0.4, 0.5) is 0 Å². The zero-order valence-electron chi connectivity index (χ0n) is 24.5. The number of fused-ring (bicyclic) bond motifs is 10. The van der Waals surface area contributed by atoms with Crippen LogP contribution >= 0.6 is 0 Å². The first kappa shape index (κ1) is 26.7. The monoisotopic (exact) mass is 561 g/mol. The first-order valence-electron chi connectivity index (χ1n) is 16.3. The number of benzene rings is 2. The summed E-state index contributed by atoms with van der Waals surface area (Å²) >= 11 is 0. The zero-order chi connectivity index (χ0) is 28.7. The lowest BCUT2D eigenvalue weighted by atomic mass is 9.53. The molecule has 2 aliphatic heterocycles. The average molecular weight is 562 g/mol. The molecule has 4 saturated carbocycles. The molecule has 42 heavy (non-hydrogen) atoms. The standard InChI is InChI=1S/C35H40BN3O3/c36-26-5-4-6-28-29(26)30(40)37-31-35(11-2-1-3-12-35)25-21-24(7-8-27(25)39(28)31)23-9-19-38(20-10-23)22-33-13-16-34(17-14-33,18-15-33)32(41)42/h4-8,21,23H,1-3,9-20,22H2,(H,41,42). The van der Waals surface area contributed by atoms with Gasteiger partial charge in [-0.1, -0.05) is 49.0 Å². The Morgan fingerprint density at radius 3 is 2.36 bits per heavy atom. The lowest BCUT2D eigenvalue weighted by molar-refractivity contribution is -0.159. The topological polar surface area (TPSA) is 75.4 Å². The van der Waals surface area contributed by atoms with Crippen LogP contribution in [0, 0.1) is 10.8 Å². The van der Waals surface area contributed by atoms with Crippen molar-refractivity contribution in [1.82, 2.24) is 14.5 Å². The van der Waals surface area contributed by atoms with E-state index >= 15 is 0 Å². The van der Waals surface area contributed by atoms with Crippen molar-refractivity contribution >= 4 is 30.2 Å². The molecule has 2 radical (unpaired) electrons. The Kier molecular flexibility index (Phi) is 6.06. The van der Waals surface area contributed by atoms with E-state index in [9.17, 15) is 14.7 Å². The summed E-state index contributed by atoms with van der Waals surface area (Å²) in [7, 11) is 6.29. The van der Waals surface area contributed by atoms with Crippen LogP contribution in [0.25, 0.3) is 16.6 Å². The van der Waals surface area contributed by atoms with E-state index in [4.69, 9.17) is 12.8 Å². The smallest absolute Gasteiger partial charge is 0.309 e. The number of hydrogen-bond acceptors (Lipinski definition) is 4. The van der Waals surface area contributed by atoms with Crippen LogP contribution in [0.1, 0.15) is 106 Å². The molecule has 2 aromatic carbocycles. The number of rotatable bonds is 4. The Labute approximate surface area is 248 Å². The molecule has 0 atom stereocenters. The Bertz CT molecular complexity index is 1620. The van der Waals surface area contributed by atoms with Gasteiger partial charge < -0.3 is 10.0 Å². The third-order valence-corrected chi connectivity index (χ3v) is 12.3. The molecule has 0 amide bonds. The Balaban J connectivity index is 1.06. The maximum Gasteiger partial charge on any atom is 0.309 e. The third kappa shape index (κ3) is 3.84. The first-order chi connectivity index (χ1) is 20.3. The molecule has 5 fully saturated rings. The molecule has 2 bridgehead atoms. The van der Waals surface area contributed by atoms with Crippen molar-refractivity contribution < 1.29 is 9.90 Å². The maximum atomic E-state index is 13.3. The van der Waals surface area contributed by atoms with Gasteiger partial charge in [0.2, 0.25) is 0 Å². The van der Waals surface area contributed by atoms with E-state index < -0.39 is 11.4 Å². The number of hydrogen-bond donors (Lipinski definition) is 1. The minimum atomic E-state index is -0.566. The van der Waals surface area contributed by atoms with E-state index in [-0.39, 0.29) is 11.0 Å². The molecule has 216 valence electrons. The van der Waals surface area contributed by atoms with Crippen molar-refractivity contribution in [3.05, 3.63) is 63.7 Å². The van der Waals surface area contributed by atoms with Gasteiger partial charge in [0.25, 0.3) is 5.56 Å². The van der Waals surface area contributed by atoms with Crippen LogP contribution < -0.4 is 11.0 Å². The second kappa shape index (κ2) is 9.54. The Morgan fingerprint density at radius 2 is 1.67 bits per heavy atom. The molecule has 9 rings (SSSR count). The van der Waals surface area contributed by atoms with Crippen molar-refractivity contribution in [3.8, 4) is 5.69 Å². The molecule has 1 saturated heterocycles. The van der Waals surface area contributed by atoms with Gasteiger partial charge in [0.05, 0.1) is 27.4 Å². The molecule has 0 unspecified atom stereocenters. The lowest BCUT2D eigenvalue weighted by Gasteiger charge is -2.53. The quantitative estimate of drug-likeness (QED) is 0.435. The Hall–Kier alpha value is -2.93. The number of carboxylic acid groups (broad SMARTS) is 1. The summed E-state index contributed by atoms with van der Waals surface area (Å²) in [4.78, 5) is 32.6. The fourth-order valence-electron chi connectivity index (χ4n) is 9.73. The van der Waals surface area contributed by atoms with Crippen LogP contribution in [0.3, 0.4) is 0 Å². The van der Waals surface area contributed by atoms with Gasteiger partial charge in [-0.15, -0.1) is 0 Å². The van der Waals surface area contributed by atoms with Crippen molar-refractivity contribution in [2.75, 3.05) is 19.6 Å². The second-order valence-corrected chi connectivity index (χ2v) is 14.4. The number of carboxylic acids is 1. The molecule has 7 heteroatoms. The second-order valence-electron chi connectivity index (χ2n) is 14.4. The average Bonchev–Trinajstić information content (AvgIpc) is 3.26. The van der Waals surface area contributed by atoms with E-state index in [1.165, 1.54) is 23.2 Å². The van der Waals surface area contributed by atoms with Gasteiger partial charge in [0.1, 0.15) is 13.7 Å². The summed E-state index contributed by atoms with van der Waals surface area (Å²) in [5, 5.41) is 10.3. The lowest BCUT2D eigenvalue weighted by Crippen LogP contribution is -2.51. The number of likely N-dealkylation sites (tertiary alicyclic amines) is 1. The van der Waals surface area contributed by atoms with E-state index in [0.29, 0.717) is 22.2 Å². The number of aromatic nitrogens is 2.